The summed E-state index contributed by atoms with van der Waals surface area (Å²) in [4.78, 5) is 54.4. The van der Waals surface area contributed by atoms with Gasteiger partial charge in [-0.3, -0.25) is 14.3 Å². The lowest BCUT2D eigenvalue weighted by atomic mass is 10.1. The summed E-state index contributed by atoms with van der Waals surface area (Å²) < 4.78 is 39.7. The van der Waals surface area contributed by atoms with Crippen LogP contribution in [0.3, 0.4) is 0 Å². The number of hydrogen-bond acceptors (Lipinski definition) is 10. The second kappa shape index (κ2) is 13.4. The lowest BCUT2D eigenvalue weighted by Gasteiger charge is -2.30. The van der Waals surface area contributed by atoms with Gasteiger partial charge in [-0.25, -0.2) is 23.2 Å². The van der Waals surface area contributed by atoms with E-state index in [4.69, 9.17) is 20.9 Å². The number of sulfonamides is 1. The monoisotopic (exact) mass is 746 g/mol. The van der Waals surface area contributed by atoms with Gasteiger partial charge in [-0.2, -0.15) is 0 Å². The van der Waals surface area contributed by atoms with Crippen LogP contribution in [0.15, 0.2) is 35.7 Å². The standard InChI is InChI=1S/C37H42N6O7S2/c1-6-24-21-51-32(38-24)27-18-30(26-12-13-29(49-5)22(2)31(26)39-27)50-25-17-28-33(44)42(4)16-10-8-7-9-11-23-19-37(23,40-35(46)43(28)20-25)34(45)41-52(47,48)36(3)14-15-36/h1,9,11-13,18,21,23,25,28H,7-8,10,14-17,19-20H2,2-5H3,(H,40,46)(H,41,45)/b11-9+/t23-,25+,28+,37-/m1/s1. The van der Waals surface area contributed by atoms with E-state index in [0.717, 1.165) is 24.8 Å². The first-order chi connectivity index (χ1) is 24.8. The third-order valence-corrected chi connectivity index (χ3v) is 13.8. The fraction of sp³-hybridized carbons (Fsp3) is 0.486. The summed E-state index contributed by atoms with van der Waals surface area (Å²) in [6, 6.07) is 3.96. The van der Waals surface area contributed by atoms with Crippen molar-refractivity contribution >= 4 is 50.1 Å². The molecule has 4 atom stereocenters. The van der Waals surface area contributed by atoms with Crippen molar-refractivity contribution in [2.75, 3.05) is 27.2 Å². The van der Waals surface area contributed by atoms with Gasteiger partial charge in [0.25, 0.3) is 5.91 Å². The predicted molar refractivity (Wildman–Crippen MR) is 196 cm³/mol. The van der Waals surface area contributed by atoms with E-state index < -0.39 is 50.3 Å². The van der Waals surface area contributed by atoms with Crippen molar-refractivity contribution in [1.29, 1.82) is 0 Å². The van der Waals surface area contributed by atoms with E-state index in [1.807, 2.05) is 31.2 Å². The van der Waals surface area contributed by atoms with Crippen LogP contribution in [0.25, 0.3) is 21.6 Å². The molecule has 13 nitrogen and oxygen atoms in total. The van der Waals surface area contributed by atoms with Crippen LogP contribution in [0.2, 0.25) is 0 Å². The van der Waals surface area contributed by atoms with Gasteiger partial charge in [0.05, 0.1) is 23.9 Å². The van der Waals surface area contributed by atoms with Crippen molar-refractivity contribution < 1.29 is 32.3 Å². The maximum Gasteiger partial charge on any atom is 0.319 e. The number of aromatic nitrogens is 2. The molecule has 1 aromatic carbocycles. The molecular formula is C37H42N6O7S2. The number of fused-ring (bicyclic) bond motifs is 3. The molecule has 0 bridgehead atoms. The molecule has 2 aromatic heterocycles. The zero-order valence-electron chi connectivity index (χ0n) is 29.6. The highest BCUT2D eigenvalue weighted by molar-refractivity contribution is 7.91. The number of nitrogens with zero attached hydrogens (tertiary/aromatic N) is 4. The van der Waals surface area contributed by atoms with E-state index in [0.29, 0.717) is 58.2 Å². The first-order valence-corrected chi connectivity index (χ1v) is 19.8. The maximum absolute atomic E-state index is 14.2. The molecule has 4 heterocycles. The Balaban J connectivity index is 1.21. The molecule has 7 rings (SSSR count). The Kier molecular flexibility index (Phi) is 9.19. The molecule has 0 unspecified atom stereocenters. The summed E-state index contributed by atoms with van der Waals surface area (Å²) >= 11 is 1.36. The number of terminal acetylenes is 1. The van der Waals surface area contributed by atoms with Crippen LogP contribution >= 0.6 is 11.3 Å². The highest BCUT2D eigenvalue weighted by atomic mass is 32.2. The number of carbonyl (C=O) groups is 3. The zero-order chi connectivity index (χ0) is 37.0. The van der Waals surface area contributed by atoms with E-state index in [1.165, 1.54) is 16.2 Å². The predicted octanol–water partition coefficient (Wildman–Crippen LogP) is 4.14. The molecule has 0 radical (unpaired) electrons. The Labute approximate surface area is 307 Å². The van der Waals surface area contributed by atoms with Gasteiger partial charge in [0.15, 0.2) is 0 Å². The first kappa shape index (κ1) is 35.7. The minimum atomic E-state index is -3.95. The number of ether oxygens (including phenoxy) is 2. The quantitative estimate of drug-likeness (QED) is 0.268. The lowest BCUT2D eigenvalue weighted by molar-refractivity contribution is -0.134. The van der Waals surface area contributed by atoms with Crippen LogP contribution in [-0.4, -0.2) is 95.7 Å². The lowest BCUT2D eigenvalue weighted by Crippen LogP contribution is -2.58. The topological polar surface area (TPSA) is 160 Å². The average molecular weight is 747 g/mol. The Morgan fingerprint density at radius 2 is 1.98 bits per heavy atom. The third-order valence-electron chi connectivity index (χ3n) is 10.8. The molecular weight excluding hydrogens is 705 g/mol. The van der Waals surface area contributed by atoms with Gasteiger partial charge in [0.2, 0.25) is 15.9 Å². The van der Waals surface area contributed by atoms with Crippen molar-refractivity contribution in [1.82, 2.24) is 29.8 Å². The number of methoxy groups -OCH3 is 1. The van der Waals surface area contributed by atoms with Gasteiger partial charge in [0, 0.05) is 48.3 Å². The van der Waals surface area contributed by atoms with Crippen LogP contribution in [0, 0.1) is 25.2 Å². The van der Waals surface area contributed by atoms with Crippen LogP contribution in [0.4, 0.5) is 4.79 Å². The number of pyridine rings is 1. The molecule has 2 saturated carbocycles. The highest BCUT2D eigenvalue weighted by Gasteiger charge is 2.63. The minimum Gasteiger partial charge on any atom is -0.496 e. The average Bonchev–Trinajstić information content (AvgIpc) is 3.90. The molecule has 1 saturated heterocycles. The maximum atomic E-state index is 14.2. The van der Waals surface area contributed by atoms with E-state index in [-0.39, 0.29) is 25.3 Å². The van der Waals surface area contributed by atoms with E-state index in [9.17, 15) is 22.8 Å². The summed E-state index contributed by atoms with van der Waals surface area (Å²) in [5.41, 5.74) is 1.02. The second-order valence-electron chi connectivity index (χ2n) is 14.4. The molecule has 0 spiro atoms. The van der Waals surface area contributed by atoms with Gasteiger partial charge >= 0.3 is 6.03 Å². The van der Waals surface area contributed by atoms with E-state index in [2.05, 4.69) is 20.9 Å². The van der Waals surface area contributed by atoms with Gasteiger partial charge in [-0.1, -0.05) is 12.2 Å². The van der Waals surface area contributed by atoms with Crippen molar-refractivity contribution in [3.63, 3.8) is 0 Å². The van der Waals surface area contributed by atoms with Crippen LogP contribution in [-0.2, 0) is 19.6 Å². The number of nitrogens with one attached hydrogen (secondary N) is 2. The largest absolute Gasteiger partial charge is 0.496 e. The van der Waals surface area contributed by atoms with Gasteiger partial charge in [-0.05, 0) is 70.4 Å². The zero-order valence-corrected chi connectivity index (χ0v) is 31.2. The number of urea groups is 1. The molecule has 2 aliphatic heterocycles. The van der Waals surface area contributed by atoms with Crippen molar-refractivity contribution in [2.45, 2.75) is 81.2 Å². The number of rotatable bonds is 7. The number of thiazole rings is 1. The van der Waals surface area contributed by atoms with Crippen LogP contribution in [0.5, 0.6) is 11.5 Å². The fourth-order valence-corrected chi connectivity index (χ4v) is 9.08. The molecule has 3 fully saturated rings. The first-order valence-electron chi connectivity index (χ1n) is 17.4. The Bertz CT molecular complexity index is 2140. The Morgan fingerprint density at radius 3 is 2.69 bits per heavy atom. The summed E-state index contributed by atoms with van der Waals surface area (Å²) in [5.74, 6) is 2.29. The van der Waals surface area contributed by atoms with Gasteiger partial charge in [0.1, 0.15) is 45.6 Å². The number of aryl methyl sites for hydroxylation is 1. The molecule has 3 aromatic rings. The highest BCUT2D eigenvalue weighted by Crippen LogP contribution is 2.47. The number of allylic oxidation sites excluding steroid dienone is 1. The van der Waals surface area contributed by atoms with Crippen LogP contribution in [0.1, 0.15) is 63.1 Å². The molecule has 15 heteroatoms. The van der Waals surface area contributed by atoms with Gasteiger partial charge in [-0.15, -0.1) is 17.8 Å². The Morgan fingerprint density at radius 1 is 1.19 bits per heavy atom. The van der Waals surface area contributed by atoms with Crippen molar-refractivity contribution in [2.24, 2.45) is 5.92 Å². The normalized spacial score (nSPS) is 26.3. The number of amides is 4. The van der Waals surface area contributed by atoms with Crippen molar-refractivity contribution in [3.05, 3.63) is 47.0 Å². The minimum absolute atomic E-state index is 0.0391. The number of hydrogen-bond donors (Lipinski definition) is 2. The number of benzene rings is 1. The van der Waals surface area contributed by atoms with E-state index in [1.54, 1.807) is 37.4 Å². The molecule has 2 aliphatic carbocycles. The van der Waals surface area contributed by atoms with Crippen LogP contribution < -0.4 is 19.5 Å². The summed E-state index contributed by atoms with van der Waals surface area (Å²) in [7, 11) is -0.635. The number of carbonyl (C=O) groups excluding carboxylic acids is 3. The summed E-state index contributed by atoms with van der Waals surface area (Å²) in [6.45, 7) is 4.06. The summed E-state index contributed by atoms with van der Waals surface area (Å²) in [6.07, 6.45) is 12.5. The fourth-order valence-electron chi connectivity index (χ4n) is 7.05. The molecule has 52 heavy (non-hydrogen) atoms. The summed E-state index contributed by atoms with van der Waals surface area (Å²) in [5, 5.41) is 5.98. The smallest absolute Gasteiger partial charge is 0.319 e. The number of likely N-dealkylation sites (N-methyl/N-ethyl adjacent to an activating group) is 1. The Hall–Kier alpha value is -4.68. The van der Waals surface area contributed by atoms with E-state index >= 15 is 0 Å². The third kappa shape index (κ3) is 6.47. The van der Waals surface area contributed by atoms with Gasteiger partial charge < -0.3 is 24.6 Å². The SMILES string of the molecule is C#Cc1csc(-c2cc(O[C@H]3C[C@H]4C(=O)N(C)CCCC/C=C/[C@@H]5C[C@@]5(C(=O)NS(=O)(=O)C5(C)CC5)NC(=O)N4C3)c3ccc(OC)c(C)c3n2)n1. The second-order valence-corrected chi connectivity index (χ2v) is 17.5. The molecule has 4 amide bonds. The van der Waals surface area contributed by atoms with Crippen molar-refractivity contribution in [3.8, 4) is 34.5 Å². The molecule has 4 aliphatic rings. The molecule has 2 N–H and O–H groups in total. The molecule has 274 valence electrons.